The summed E-state index contributed by atoms with van der Waals surface area (Å²) in [6.45, 7) is 17.1. The van der Waals surface area contributed by atoms with Gasteiger partial charge in [0.15, 0.2) is 5.12 Å². The number of nitrogens with zero attached hydrogens (tertiary/aromatic N) is 3. The lowest BCUT2D eigenvalue weighted by Crippen LogP contribution is -2.39. The minimum atomic E-state index is -1.69. The first kappa shape index (κ1) is 49.9. The number of carbonyl (C=O) groups excluding carboxylic acids is 2. The number of thioether (sulfide) groups is 1. The fraction of sp³-hybridized carbons (Fsp3) is 0.478. The third-order valence-electron chi connectivity index (χ3n) is 10.3. The Balaban J connectivity index is 1.53. The highest BCUT2D eigenvalue weighted by molar-refractivity contribution is 8.13. The molecule has 4 aromatic rings. The lowest BCUT2D eigenvalue weighted by molar-refractivity contribution is -0.109. The van der Waals surface area contributed by atoms with Gasteiger partial charge in [-0.15, -0.1) is 0 Å². The summed E-state index contributed by atoms with van der Waals surface area (Å²) in [4.78, 5) is 42.3. The summed E-state index contributed by atoms with van der Waals surface area (Å²) < 4.78 is 47.6. The van der Waals surface area contributed by atoms with E-state index in [0.717, 1.165) is 22.7 Å². The van der Waals surface area contributed by atoms with Crippen LogP contribution in [0.4, 0.5) is 10.6 Å². The van der Waals surface area contributed by atoms with Crippen LogP contribution in [0.1, 0.15) is 64.0 Å². The molecule has 4 atom stereocenters. The molecule has 342 valence electrons. The molecule has 0 spiro atoms. The number of nitrogens with one attached hydrogen (secondary N) is 1. The molecule has 0 bridgehead atoms. The van der Waals surface area contributed by atoms with E-state index in [9.17, 15) is 14.4 Å². The van der Waals surface area contributed by atoms with Crippen molar-refractivity contribution in [1.82, 2.24) is 14.2 Å². The van der Waals surface area contributed by atoms with Gasteiger partial charge in [-0.3, -0.25) is 14.7 Å². The normalized spacial score (nSPS) is 17.3. The van der Waals surface area contributed by atoms with Crippen LogP contribution < -0.4 is 20.5 Å². The summed E-state index contributed by atoms with van der Waals surface area (Å²) in [6.07, 6.45) is -1.04. The fourth-order valence-electron chi connectivity index (χ4n) is 7.25. The van der Waals surface area contributed by atoms with Gasteiger partial charge in [0.2, 0.25) is 0 Å². The van der Waals surface area contributed by atoms with Gasteiger partial charge < -0.3 is 32.7 Å². The summed E-state index contributed by atoms with van der Waals surface area (Å²) in [6, 6.07) is 28.0. The minimum absolute atomic E-state index is 0.00693. The molecule has 0 aliphatic carbocycles. The first-order chi connectivity index (χ1) is 30.0. The molecule has 2 heterocycles. The third kappa shape index (κ3) is 13.7. The second-order valence-corrected chi connectivity index (χ2v) is 25.2. The molecule has 1 fully saturated rings. The number of benzene rings is 3. The topological polar surface area (TPSA) is 149 Å². The Bertz CT molecular complexity index is 2070. The highest BCUT2D eigenvalue weighted by Crippen LogP contribution is 2.50. The molecule has 1 saturated heterocycles. The molecule has 63 heavy (non-hydrogen) atoms. The average Bonchev–Trinajstić information content (AvgIpc) is 3.64. The Labute approximate surface area is 378 Å². The van der Waals surface area contributed by atoms with Gasteiger partial charge in [0, 0.05) is 45.5 Å². The Morgan fingerprint density at radius 2 is 1.49 bits per heavy atom. The third-order valence-corrected chi connectivity index (χ3v) is 15.0. The molecule has 1 unspecified atom stereocenters. The van der Waals surface area contributed by atoms with Gasteiger partial charge in [-0.1, -0.05) is 86.0 Å². The SMILES string of the molecule is COc1ccc(C(OC[C@H]2O[C@@H](n3ccc(NC(=O)OCC[Si](C)(C)C)nc3=O)C[C@@H]2OP(OCCSC(C)=O)N(C(C)C)C(C)C)(c2ccccc2)c2ccc(OC)cc2)cc1. The van der Waals surface area contributed by atoms with Crippen LogP contribution in [0.5, 0.6) is 11.5 Å². The van der Waals surface area contributed by atoms with E-state index in [4.69, 9.17) is 32.7 Å². The molecular weight excluding hydrogens is 860 g/mol. The number of aromatic nitrogens is 2. The van der Waals surface area contributed by atoms with Crippen molar-refractivity contribution >= 4 is 45.4 Å². The summed E-state index contributed by atoms with van der Waals surface area (Å²) in [7, 11) is 0.147. The Kier molecular flexibility index (Phi) is 18.4. The van der Waals surface area contributed by atoms with Crippen LogP contribution in [0.15, 0.2) is 95.9 Å². The van der Waals surface area contributed by atoms with E-state index in [1.165, 1.54) is 23.3 Å². The van der Waals surface area contributed by atoms with Gasteiger partial charge in [-0.25, -0.2) is 14.3 Å². The van der Waals surface area contributed by atoms with E-state index in [1.807, 2.05) is 78.9 Å². The van der Waals surface area contributed by atoms with Gasteiger partial charge in [0.1, 0.15) is 35.2 Å². The van der Waals surface area contributed by atoms with E-state index in [-0.39, 0.29) is 49.3 Å². The predicted molar refractivity (Wildman–Crippen MR) is 251 cm³/mol. The fourth-order valence-corrected chi connectivity index (χ4v) is 10.3. The highest BCUT2D eigenvalue weighted by Gasteiger charge is 2.45. The number of rotatable bonds is 22. The number of hydrogen-bond donors (Lipinski definition) is 1. The first-order valence-electron chi connectivity index (χ1n) is 21.2. The van der Waals surface area contributed by atoms with Crippen LogP contribution >= 0.6 is 20.3 Å². The van der Waals surface area contributed by atoms with Gasteiger partial charge in [-0.2, -0.15) is 4.98 Å². The highest BCUT2D eigenvalue weighted by atomic mass is 32.2. The van der Waals surface area contributed by atoms with Crippen molar-refractivity contribution in [3.05, 3.63) is 118 Å². The molecule has 0 radical (unpaired) electrons. The molecule has 1 aromatic heterocycles. The minimum Gasteiger partial charge on any atom is -0.497 e. The molecule has 0 saturated carbocycles. The van der Waals surface area contributed by atoms with Crippen LogP contribution in [-0.2, 0) is 33.7 Å². The Morgan fingerprint density at radius 1 is 0.905 bits per heavy atom. The number of amides is 1. The zero-order valence-electron chi connectivity index (χ0n) is 38.1. The average molecular weight is 923 g/mol. The van der Waals surface area contributed by atoms with E-state index in [1.54, 1.807) is 26.5 Å². The van der Waals surface area contributed by atoms with E-state index < -0.39 is 52.4 Å². The maximum absolute atomic E-state index is 13.7. The molecule has 17 heteroatoms. The maximum Gasteiger partial charge on any atom is 0.412 e. The second-order valence-electron chi connectivity index (χ2n) is 16.9. The van der Waals surface area contributed by atoms with Crippen molar-refractivity contribution in [3.8, 4) is 11.5 Å². The van der Waals surface area contributed by atoms with Crippen molar-refractivity contribution in [3.63, 3.8) is 0 Å². The monoisotopic (exact) mass is 922 g/mol. The molecule has 3 aromatic carbocycles. The van der Waals surface area contributed by atoms with E-state index >= 15 is 0 Å². The lowest BCUT2D eigenvalue weighted by Gasteiger charge is -2.39. The molecule has 1 amide bonds. The van der Waals surface area contributed by atoms with Crippen LogP contribution in [0.2, 0.25) is 25.7 Å². The lowest BCUT2D eigenvalue weighted by atomic mass is 9.80. The number of ether oxygens (including phenoxy) is 5. The second kappa shape index (κ2) is 23.2. The van der Waals surface area contributed by atoms with Crippen LogP contribution in [0.25, 0.3) is 0 Å². The number of carbonyl (C=O) groups is 2. The van der Waals surface area contributed by atoms with E-state index in [2.05, 4.69) is 62.3 Å². The number of anilines is 1. The summed E-state index contributed by atoms with van der Waals surface area (Å²) in [5.74, 6) is 1.92. The van der Waals surface area contributed by atoms with E-state index in [0.29, 0.717) is 17.3 Å². The van der Waals surface area contributed by atoms with Crippen molar-refractivity contribution in [2.24, 2.45) is 0 Å². The van der Waals surface area contributed by atoms with Crippen LogP contribution in [0.3, 0.4) is 0 Å². The molecule has 5 rings (SSSR count). The molecule has 1 aliphatic heterocycles. The number of hydrogen-bond acceptors (Lipinski definition) is 13. The Hall–Kier alpha value is -4.12. The summed E-state index contributed by atoms with van der Waals surface area (Å²) in [5, 5.41) is 2.59. The van der Waals surface area contributed by atoms with Gasteiger partial charge in [0.05, 0.1) is 40.1 Å². The van der Waals surface area contributed by atoms with Crippen LogP contribution in [0, 0.1) is 0 Å². The predicted octanol–water partition coefficient (Wildman–Crippen LogP) is 9.47. The number of methoxy groups -OCH3 is 2. The van der Waals surface area contributed by atoms with Gasteiger partial charge >= 0.3 is 11.8 Å². The maximum atomic E-state index is 13.7. The van der Waals surface area contributed by atoms with Crippen LogP contribution in [-0.4, -0.2) is 97.6 Å². The zero-order chi connectivity index (χ0) is 45.7. The smallest absolute Gasteiger partial charge is 0.412 e. The first-order valence-corrected chi connectivity index (χ1v) is 27.0. The van der Waals surface area contributed by atoms with Crippen molar-refractivity contribution in [2.45, 2.75) is 103 Å². The molecule has 1 N–H and O–H groups in total. The Morgan fingerprint density at radius 3 is 2.02 bits per heavy atom. The molecule has 14 nitrogen and oxygen atoms in total. The van der Waals surface area contributed by atoms with Gasteiger partial charge in [0.25, 0.3) is 8.53 Å². The largest absolute Gasteiger partial charge is 0.497 e. The van der Waals surface area contributed by atoms with Crippen molar-refractivity contribution in [1.29, 1.82) is 0 Å². The molecular formula is C46H63N4O10PSSi. The standard InChI is InChI=1S/C46H63N4O10PSSi/c1-32(2)50(33(3)4)61(58-26-28-62-34(5)51)60-40-30-43(49-25-24-42(47-44(49)52)48-45(53)56-27-29-63(8,9)10)59-41(40)31-57-46(35-14-12-11-13-15-35,36-16-20-38(54-6)21-17-36)37-18-22-39(55-7)23-19-37/h11-25,32-33,40-41,43H,26-31H2,1-10H3,(H,47,48,52,53)/t40-,41+,43+,61?/m0/s1. The van der Waals surface area contributed by atoms with Crippen molar-refractivity contribution in [2.75, 3.05) is 45.1 Å². The summed E-state index contributed by atoms with van der Waals surface area (Å²) >= 11 is 1.20. The summed E-state index contributed by atoms with van der Waals surface area (Å²) in [5.41, 5.74) is 0.770. The zero-order valence-corrected chi connectivity index (χ0v) is 40.8. The van der Waals surface area contributed by atoms with Crippen molar-refractivity contribution < 1.29 is 42.3 Å². The van der Waals surface area contributed by atoms with Gasteiger partial charge in [-0.05, 0) is 80.8 Å². The quantitative estimate of drug-likeness (QED) is 0.0346. The molecule has 1 aliphatic rings.